The summed E-state index contributed by atoms with van der Waals surface area (Å²) in [5.41, 5.74) is 2.86. The van der Waals surface area contributed by atoms with Crippen LogP contribution in [0.2, 0.25) is 0 Å². The van der Waals surface area contributed by atoms with Crippen molar-refractivity contribution in [2.45, 2.75) is 62.3 Å². The normalized spacial score (nSPS) is 30.6. The van der Waals surface area contributed by atoms with Crippen molar-refractivity contribution in [2.24, 2.45) is 17.6 Å². The van der Waals surface area contributed by atoms with Crippen LogP contribution in [-0.4, -0.2) is 94.2 Å². The van der Waals surface area contributed by atoms with E-state index in [1.165, 1.54) is 0 Å². The fraction of sp³-hybridized carbons (Fsp3) is 0.552. The summed E-state index contributed by atoms with van der Waals surface area (Å²) in [6, 6.07) is 0.447. The van der Waals surface area contributed by atoms with E-state index in [2.05, 4.69) is 5.32 Å². The second kappa shape index (κ2) is 10.0. The number of primary amides is 1. The number of aromatic hydroxyl groups is 1. The van der Waals surface area contributed by atoms with Crippen molar-refractivity contribution in [3.05, 3.63) is 45.7 Å². The van der Waals surface area contributed by atoms with Gasteiger partial charge in [-0.1, -0.05) is 12.8 Å². The number of rotatable bonds is 6. The molecule has 42 heavy (non-hydrogen) atoms. The van der Waals surface area contributed by atoms with Gasteiger partial charge in [-0.3, -0.25) is 24.2 Å². The maximum Gasteiger partial charge on any atom is 0.250 e. The summed E-state index contributed by atoms with van der Waals surface area (Å²) in [6.07, 6.45) is 3.01. The summed E-state index contributed by atoms with van der Waals surface area (Å²) < 4.78 is 15.5. The molecular formula is C29H35FN4O8. The maximum absolute atomic E-state index is 15.5. The largest absolute Gasteiger partial charge is 0.510 e. The standard InChI is InChI=1S/C29H35FN4O8/c1-33(2)22-15-9-12-8-14-16(30)10-17(32-18(35)11-34(3)13-6-4-5-7-13)23(36)20(14)24(37)19(12)26(39)29(15)27(41-42-29)21(25(22)38)28(31)40/h10,12-13,15,22,27,36,38-39H,4-9,11H2,1-3H3,(H2,31,40)(H,32,35)/t12-,15-,22-,27?,29-/m0/s1. The van der Waals surface area contributed by atoms with Crippen LogP contribution in [0.15, 0.2) is 28.7 Å². The predicted molar refractivity (Wildman–Crippen MR) is 146 cm³/mol. The van der Waals surface area contributed by atoms with Crippen molar-refractivity contribution in [3.8, 4) is 5.75 Å². The van der Waals surface area contributed by atoms with E-state index in [1.54, 1.807) is 19.0 Å². The van der Waals surface area contributed by atoms with Gasteiger partial charge in [-0.2, -0.15) is 0 Å². The second-order valence-corrected chi connectivity index (χ2v) is 12.3. The Morgan fingerprint density at radius 3 is 2.48 bits per heavy atom. The molecule has 6 N–H and O–H groups in total. The van der Waals surface area contributed by atoms with Gasteiger partial charge in [0.1, 0.15) is 17.3 Å². The van der Waals surface area contributed by atoms with Gasteiger partial charge in [0, 0.05) is 29.2 Å². The van der Waals surface area contributed by atoms with E-state index < -0.39 is 64.5 Å². The quantitative estimate of drug-likeness (QED) is 0.244. The molecule has 1 unspecified atom stereocenters. The third-order valence-corrected chi connectivity index (χ3v) is 9.71. The molecule has 1 saturated carbocycles. The molecule has 5 aliphatic rings. The SMILES string of the molecule is CN(CC(=O)Nc1cc(F)c2c(c1O)C(=O)C1=C(O)[C@]34OOC3C(C(N)=O)=C(O)[C@@H](N(C)C)[C@@H]4C[C@@H]1C2)C1CCCC1. The Bertz CT molecular complexity index is 1450. The molecular weight excluding hydrogens is 551 g/mol. The van der Waals surface area contributed by atoms with E-state index in [0.717, 1.165) is 31.7 Å². The predicted octanol–water partition coefficient (Wildman–Crippen LogP) is 1.84. The summed E-state index contributed by atoms with van der Waals surface area (Å²) in [5.74, 6) is -5.84. The number of fused-ring (bicyclic) bond motifs is 2. The molecule has 2 amide bonds. The molecule has 5 atom stereocenters. The first-order valence-corrected chi connectivity index (χ1v) is 14.1. The van der Waals surface area contributed by atoms with Gasteiger partial charge in [-0.05, 0) is 52.7 Å². The van der Waals surface area contributed by atoms with Gasteiger partial charge < -0.3 is 26.4 Å². The molecule has 6 rings (SSSR count). The third kappa shape index (κ3) is 3.98. The number of likely N-dealkylation sites (N-methyl/N-ethyl adjacent to an activating group) is 2. The molecule has 226 valence electrons. The number of benzene rings is 1. The number of hydrogen-bond acceptors (Lipinski definition) is 10. The highest BCUT2D eigenvalue weighted by Crippen LogP contribution is 2.59. The minimum atomic E-state index is -1.70. The number of carbonyl (C=O) groups is 3. The van der Waals surface area contributed by atoms with E-state index in [9.17, 15) is 29.7 Å². The molecule has 1 aromatic carbocycles. The number of nitrogens with zero attached hydrogens (tertiary/aromatic N) is 2. The number of amides is 2. The smallest absolute Gasteiger partial charge is 0.250 e. The molecule has 0 bridgehead atoms. The van der Waals surface area contributed by atoms with Crippen LogP contribution in [0.25, 0.3) is 0 Å². The van der Waals surface area contributed by atoms with Crippen molar-refractivity contribution in [1.29, 1.82) is 0 Å². The van der Waals surface area contributed by atoms with E-state index >= 15 is 4.39 Å². The molecule has 1 saturated heterocycles. The van der Waals surface area contributed by atoms with Crippen LogP contribution < -0.4 is 11.1 Å². The van der Waals surface area contributed by atoms with Crippen LogP contribution >= 0.6 is 0 Å². The number of anilines is 1. The number of phenols is 1. The monoisotopic (exact) mass is 586 g/mol. The van der Waals surface area contributed by atoms with E-state index in [-0.39, 0.29) is 59.1 Å². The van der Waals surface area contributed by atoms with Gasteiger partial charge in [0.05, 0.1) is 29.4 Å². The van der Waals surface area contributed by atoms with Crippen LogP contribution in [0.5, 0.6) is 5.75 Å². The zero-order valence-electron chi connectivity index (χ0n) is 23.6. The van der Waals surface area contributed by atoms with Gasteiger partial charge in [0.2, 0.25) is 5.91 Å². The number of hydrogen-bond donors (Lipinski definition) is 5. The summed E-state index contributed by atoms with van der Waals surface area (Å²) in [5, 5.41) is 36.4. The summed E-state index contributed by atoms with van der Waals surface area (Å²) >= 11 is 0. The first kappa shape index (κ1) is 28.6. The first-order chi connectivity index (χ1) is 19.9. The number of aliphatic hydroxyl groups excluding tert-OH is 2. The summed E-state index contributed by atoms with van der Waals surface area (Å²) in [4.78, 5) is 53.3. The fourth-order valence-electron chi connectivity index (χ4n) is 7.74. The maximum atomic E-state index is 15.5. The van der Waals surface area contributed by atoms with Crippen molar-refractivity contribution in [1.82, 2.24) is 9.80 Å². The first-order valence-electron chi connectivity index (χ1n) is 14.1. The van der Waals surface area contributed by atoms with Crippen molar-refractivity contribution in [3.63, 3.8) is 0 Å². The molecule has 0 radical (unpaired) electrons. The lowest BCUT2D eigenvalue weighted by atomic mass is 9.57. The topological polar surface area (TPSA) is 175 Å². The molecule has 4 aliphatic carbocycles. The number of allylic oxidation sites excluding steroid dienone is 1. The van der Waals surface area contributed by atoms with Crippen LogP contribution in [-0.2, 0) is 25.8 Å². The number of nitrogens with two attached hydrogens (primary N) is 1. The molecule has 1 aromatic rings. The van der Waals surface area contributed by atoms with Gasteiger partial charge in [-0.15, -0.1) is 0 Å². The minimum absolute atomic E-state index is 0.0308. The molecule has 0 aromatic heterocycles. The van der Waals surface area contributed by atoms with Crippen LogP contribution in [0.4, 0.5) is 10.1 Å². The number of aliphatic hydroxyl groups is 2. The zero-order valence-corrected chi connectivity index (χ0v) is 23.6. The molecule has 2 fully saturated rings. The van der Waals surface area contributed by atoms with Crippen LogP contribution in [0.1, 0.15) is 48.0 Å². The van der Waals surface area contributed by atoms with Crippen molar-refractivity contribution >= 4 is 23.3 Å². The molecule has 1 spiro atoms. The number of phenolic OH excluding ortho intramolecular Hbond substituents is 1. The number of nitrogens with one attached hydrogen (secondary N) is 1. The van der Waals surface area contributed by atoms with Gasteiger partial charge in [0.15, 0.2) is 23.2 Å². The lowest BCUT2D eigenvalue weighted by Crippen LogP contribution is -2.72. The number of Topliss-reactive ketones (excluding diaryl/α,β-unsaturated/α-hetero) is 1. The molecule has 13 heteroatoms. The molecule has 12 nitrogen and oxygen atoms in total. The van der Waals surface area contributed by atoms with E-state index in [1.807, 2.05) is 11.9 Å². The lowest BCUT2D eigenvalue weighted by molar-refractivity contribution is -0.511. The van der Waals surface area contributed by atoms with Crippen LogP contribution in [0.3, 0.4) is 0 Å². The zero-order chi connectivity index (χ0) is 30.2. The average Bonchev–Trinajstić information content (AvgIpc) is 3.43. The second-order valence-electron chi connectivity index (χ2n) is 12.3. The minimum Gasteiger partial charge on any atom is -0.510 e. The highest BCUT2D eigenvalue weighted by Gasteiger charge is 2.71. The number of carbonyl (C=O) groups excluding carboxylic acids is 3. The Kier molecular flexibility index (Phi) is 6.84. The van der Waals surface area contributed by atoms with Crippen LogP contribution in [0, 0.1) is 17.7 Å². The van der Waals surface area contributed by atoms with Gasteiger partial charge in [-0.25, -0.2) is 14.2 Å². The molecule has 1 aliphatic heterocycles. The fourth-order valence-corrected chi connectivity index (χ4v) is 7.74. The lowest BCUT2D eigenvalue weighted by Gasteiger charge is -2.59. The third-order valence-electron chi connectivity index (χ3n) is 9.71. The van der Waals surface area contributed by atoms with E-state index in [4.69, 9.17) is 15.5 Å². The average molecular weight is 587 g/mol. The number of halogens is 1. The molecule has 1 heterocycles. The number of ketones is 1. The summed E-state index contributed by atoms with van der Waals surface area (Å²) in [6.45, 7) is 0.0308. The Balaban J connectivity index is 1.37. The summed E-state index contributed by atoms with van der Waals surface area (Å²) in [7, 11) is 5.18. The van der Waals surface area contributed by atoms with E-state index in [0.29, 0.717) is 0 Å². The Hall–Kier alpha value is -3.52. The highest BCUT2D eigenvalue weighted by atomic mass is 19.1. The Morgan fingerprint density at radius 1 is 1.19 bits per heavy atom. The Labute approximate surface area is 241 Å². The van der Waals surface area contributed by atoms with Gasteiger partial charge in [0.25, 0.3) is 5.91 Å². The van der Waals surface area contributed by atoms with Gasteiger partial charge >= 0.3 is 0 Å². The van der Waals surface area contributed by atoms with Crippen molar-refractivity contribution < 1.29 is 43.9 Å². The Morgan fingerprint density at radius 2 is 1.88 bits per heavy atom. The van der Waals surface area contributed by atoms with Crippen molar-refractivity contribution in [2.75, 3.05) is 33.0 Å². The highest BCUT2D eigenvalue weighted by molar-refractivity contribution is 6.15.